The van der Waals surface area contributed by atoms with Gasteiger partial charge in [0.05, 0.1) is 5.56 Å². The lowest BCUT2D eigenvalue weighted by Crippen LogP contribution is -1.98. The Morgan fingerprint density at radius 1 is 1.00 bits per heavy atom. The topological polar surface area (TPSA) is 37.3 Å². The van der Waals surface area contributed by atoms with Crippen LogP contribution >= 0.6 is 0 Å². The molecule has 0 amide bonds. The van der Waals surface area contributed by atoms with Gasteiger partial charge in [-0.1, -0.05) is 73.3 Å². The van der Waals surface area contributed by atoms with Crippen molar-refractivity contribution in [1.82, 2.24) is 0 Å². The van der Waals surface area contributed by atoms with Gasteiger partial charge in [0, 0.05) is 0 Å². The molecule has 0 saturated carbocycles. The Balaban J connectivity index is 0.000000204. The molecule has 102 valence electrons. The molecule has 0 spiro atoms. The third-order valence-electron chi connectivity index (χ3n) is 2.72. The van der Waals surface area contributed by atoms with Gasteiger partial charge in [-0.15, -0.1) is 0 Å². The van der Waals surface area contributed by atoms with Crippen LogP contribution in [0.5, 0.6) is 0 Å². The highest BCUT2D eigenvalue weighted by Gasteiger charge is 2.04. The molecule has 2 heteroatoms. The van der Waals surface area contributed by atoms with E-state index in [2.05, 4.69) is 44.3 Å². The van der Waals surface area contributed by atoms with Gasteiger partial charge in [-0.3, -0.25) is 0 Å². The highest BCUT2D eigenvalue weighted by atomic mass is 16.4. The fourth-order valence-corrected chi connectivity index (χ4v) is 1.57. The number of carboxylic acid groups (broad SMARTS) is 1. The van der Waals surface area contributed by atoms with Gasteiger partial charge in [0.1, 0.15) is 0 Å². The van der Waals surface area contributed by atoms with Gasteiger partial charge in [-0.05, 0) is 24.1 Å². The third-order valence-corrected chi connectivity index (χ3v) is 2.72. The molecule has 0 aliphatic heterocycles. The Kier molecular flexibility index (Phi) is 5.98. The van der Waals surface area contributed by atoms with Crippen molar-refractivity contribution in [2.45, 2.75) is 6.92 Å². The highest BCUT2D eigenvalue weighted by molar-refractivity contribution is 5.91. The van der Waals surface area contributed by atoms with Crippen molar-refractivity contribution in [1.29, 1.82) is 0 Å². The van der Waals surface area contributed by atoms with Crippen LogP contribution in [0.25, 0.3) is 12.2 Å². The predicted octanol–water partition coefficient (Wildman–Crippen LogP) is 4.67. The zero-order valence-corrected chi connectivity index (χ0v) is 11.5. The van der Waals surface area contributed by atoms with E-state index < -0.39 is 5.97 Å². The Hall–Kier alpha value is -2.61. The summed E-state index contributed by atoms with van der Waals surface area (Å²) in [5.41, 5.74) is 3.42. The standard InChI is InChI=1S/C9H8O2.C9H10/c1-2-7-5-3-4-6-8(7)9(10)11;1-3-9-6-4-8(2)5-7-9/h2-6H,1H2,(H,10,11);3-7H,1H2,2H3. The van der Waals surface area contributed by atoms with E-state index in [1.54, 1.807) is 24.3 Å². The fourth-order valence-electron chi connectivity index (χ4n) is 1.57. The minimum absolute atomic E-state index is 0.294. The molecule has 0 bridgehead atoms. The number of rotatable bonds is 3. The lowest BCUT2D eigenvalue weighted by atomic mass is 10.1. The summed E-state index contributed by atoms with van der Waals surface area (Å²) >= 11 is 0. The molecule has 1 N–H and O–H groups in total. The second-order valence-electron chi connectivity index (χ2n) is 4.21. The first kappa shape index (κ1) is 15.4. The molecule has 2 aromatic carbocycles. The van der Waals surface area contributed by atoms with E-state index in [9.17, 15) is 4.79 Å². The van der Waals surface area contributed by atoms with E-state index in [0.29, 0.717) is 11.1 Å². The molecule has 20 heavy (non-hydrogen) atoms. The Morgan fingerprint density at radius 3 is 2.05 bits per heavy atom. The second kappa shape index (κ2) is 7.74. The van der Waals surface area contributed by atoms with Crippen molar-refractivity contribution in [3.63, 3.8) is 0 Å². The zero-order chi connectivity index (χ0) is 15.0. The summed E-state index contributed by atoms with van der Waals surface area (Å²) in [5, 5.41) is 8.65. The Labute approximate surface area is 119 Å². The maximum atomic E-state index is 10.5. The van der Waals surface area contributed by atoms with E-state index >= 15 is 0 Å². The number of carbonyl (C=O) groups is 1. The molecule has 0 unspecified atom stereocenters. The SMILES string of the molecule is C=Cc1ccc(C)cc1.C=Cc1ccccc1C(=O)O. The number of hydrogen-bond acceptors (Lipinski definition) is 1. The highest BCUT2D eigenvalue weighted by Crippen LogP contribution is 2.09. The number of aromatic carboxylic acids is 1. The first-order valence-electron chi connectivity index (χ1n) is 6.22. The first-order valence-corrected chi connectivity index (χ1v) is 6.22. The Bertz CT molecular complexity index is 595. The summed E-state index contributed by atoms with van der Waals surface area (Å²) in [4.78, 5) is 10.5. The number of aryl methyl sites for hydroxylation is 1. The van der Waals surface area contributed by atoms with Crippen LogP contribution in [-0.4, -0.2) is 11.1 Å². The lowest BCUT2D eigenvalue weighted by Gasteiger charge is -1.97. The molecular weight excluding hydrogens is 248 g/mol. The van der Waals surface area contributed by atoms with Gasteiger partial charge < -0.3 is 5.11 Å². The van der Waals surface area contributed by atoms with Crippen molar-refractivity contribution < 1.29 is 9.90 Å². The molecule has 2 aromatic rings. The zero-order valence-electron chi connectivity index (χ0n) is 11.5. The van der Waals surface area contributed by atoms with Crippen molar-refractivity contribution in [2.75, 3.05) is 0 Å². The number of hydrogen-bond donors (Lipinski definition) is 1. The van der Waals surface area contributed by atoms with Gasteiger partial charge >= 0.3 is 5.97 Å². The fraction of sp³-hybridized carbons (Fsp3) is 0.0556. The van der Waals surface area contributed by atoms with Gasteiger partial charge in [-0.2, -0.15) is 0 Å². The summed E-state index contributed by atoms with van der Waals surface area (Å²) in [6.45, 7) is 9.25. The molecule has 2 rings (SSSR count). The third kappa shape index (κ3) is 4.58. The van der Waals surface area contributed by atoms with Crippen molar-refractivity contribution in [2.24, 2.45) is 0 Å². The van der Waals surface area contributed by atoms with Crippen LogP contribution in [0, 0.1) is 6.92 Å². The van der Waals surface area contributed by atoms with Crippen LogP contribution in [0.1, 0.15) is 27.0 Å². The molecule has 0 heterocycles. The van der Waals surface area contributed by atoms with Crippen molar-refractivity contribution >= 4 is 18.1 Å². The van der Waals surface area contributed by atoms with Gasteiger partial charge in [0.25, 0.3) is 0 Å². The van der Waals surface area contributed by atoms with Crippen LogP contribution in [0.3, 0.4) is 0 Å². The monoisotopic (exact) mass is 266 g/mol. The van der Waals surface area contributed by atoms with Gasteiger partial charge in [0.2, 0.25) is 0 Å². The predicted molar refractivity (Wildman–Crippen MR) is 84.8 cm³/mol. The first-order chi connectivity index (χ1) is 9.58. The molecule has 0 aliphatic rings. The van der Waals surface area contributed by atoms with E-state index in [-0.39, 0.29) is 0 Å². The summed E-state index contributed by atoms with van der Waals surface area (Å²) in [5.74, 6) is -0.916. The summed E-state index contributed by atoms with van der Waals surface area (Å²) in [6, 6.07) is 15.0. The molecule has 0 saturated heterocycles. The van der Waals surface area contributed by atoms with Crippen LogP contribution in [-0.2, 0) is 0 Å². The smallest absolute Gasteiger partial charge is 0.336 e. The average molecular weight is 266 g/mol. The van der Waals surface area contributed by atoms with Crippen LogP contribution in [0.2, 0.25) is 0 Å². The lowest BCUT2D eigenvalue weighted by molar-refractivity contribution is 0.0696. The maximum absolute atomic E-state index is 10.5. The normalized spacial score (nSPS) is 9.05. The van der Waals surface area contributed by atoms with E-state index in [4.69, 9.17) is 5.11 Å². The summed E-state index contributed by atoms with van der Waals surface area (Å²) in [6.07, 6.45) is 3.38. The van der Waals surface area contributed by atoms with E-state index in [1.165, 1.54) is 17.2 Å². The quantitative estimate of drug-likeness (QED) is 0.876. The van der Waals surface area contributed by atoms with Crippen molar-refractivity contribution in [3.8, 4) is 0 Å². The van der Waals surface area contributed by atoms with Crippen LogP contribution < -0.4 is 0 Å². The summed E-state index contributed by atoms with van der Waals surface area (Å²) in [7, 11) is 0. The maximum Gasteiger partial charge on any atom is 0.336 e. The second-order valence-corrected chi connectivity index (χ2v) is 4.21. The van der Waals surface area contributed by atoms with Crippen molar-refractivity contribution in [3.05, 3.63) is 83.9 Å². The van der Waals surface area contributed by atoms with E-state index in [1.807, 2.05) is 6.08 Å². The largest absolute Gasteiger partial charge is 0.478 e. The molecule has 0 radical (unpaired) electrons. The minimum Gasteiger partial charge on any atom is -0.478 e. The molecule has 0 aromatic heterocycles. The average Bonchev–Trinajstić information content (AvgIpc) is 2.48. The summed E-state index contributed by atoms with van der Waals surface area (Å²) < 4.78 is 0. The molecular formula is C18H18O2. The van der Waals surface area contributed by atoms with Gasteiger partial charge in [0.15, 0.2) is 0 Å². The molecule has 0 atom stereocenters. The minimum atomic E-state index is -0.916. The van der Waals surface area contributed by atoms with Crippen LogP contribution in [0.15, 0.2) is 61.7 Å². The molecule has 0 fully saturated rings. The molecule has 0 aliphatic carbocycles. The van der Waals surface area contributed by atoms with Gasteiger partial charge in [-0.25, -0.2) is 4.79 Å². The Morgan fingerprint density at radius 2 is 1.60 bits per heavy atom. The number of benzene rings is 2. The molecule has 2 nitrogen and oxygen atoms in total. The number of carboxylic acids is 1. The van der Waals surface area contributed by atoms with E-state index in [0.717, 1.165) is 0 Å². The van der Waals surface area contributed by atoms with Crippen LogP contribution in [0.4, 0.5) is 0 Å².